The van der Waals surface area contributed by atoms with Gasteiger partial charge in [-0.15, -0.1) is 11.8 Å². The predicted molar refractivity (Wildman–Crippen MR) is 92.8 cm³/mol. The van der Waals surface area contributed by atoms with Crippen LogP contribution in [0.15, 0.2) is 29.2 Å². The molecule has 0 aliphatic carbocycles. The Balaban J connectivity index is 2.27. The van der Waals surface area contributed by atoms with Crippen molar-refractivity contribution >= 4 is 11.8 Å². The number of unbranched alkanes of at least 4 members (excludes halogenated alkanes) is 1. The standard InChI is InChI=1S/C18H28N2S/c1-5-20-18(4,14-19)12-6-7-13-21-17-10-8-16(9-11-17)15(2)3/h8-11,15,20H,5-7,12-13H2,1-4H3. The lowest BCUT2D eigenvalue weighted by Crippen LogP contribution is -2.40. The van der Waals surface area contributed by atoms with Gasteiger partial charge in [-0.05, 0) is 62.1 Å². The van der Waals surface area contributed by atoms with Crippen LogP contribution < -0.4 is 5.32 Å². The summed E-state index contributed by atoms with van der Waals surface area (Å²) in [6, 6.07) is 11.3. The fourth-order valence-corrected chi connectivity index (χ4v) is 3.21. The molecule has 0 saturated carbocycles. The molecule has 116 valence electrons. The van der Waals surface area contributed by atoms with Crippen LogP contribution >= 0.6 is 11.8 Å². The third-order valence-corrected chi connectivity index (χ3v) is 4.80. The molecule has 1 aromatic carbocycles. The van der Waals surface area contributed by atoms with Crippen LogP contribution in [0.2, 0.25) is 0 Å². The van der Waals surface area contributed by atoms with E-state index < -0.39 is 0 Å². The summed E-state index contributed by atoms with van der Waals surface area (Å²) >= 11 is 1.91. The highest BCUT2D eigenvalue weighted by Gasteiger charge is 2.20. The zero-order valence-electron chi connectivity index (χ0n) is 13.8. The second kappa shape index (κ2) is 9.12. The van der Waals surface area contributed by atoms with Crippen molar-refractivity contribution in [2.24, 2.45) is 0 Å². The Hall–Kier alpha value is -0.980. The summed E-state index contributed by atoms with van der Waals surface area (Å²) in [5.41, 5.74) is 1.04. The van der Waals surface area contributed by atoms with Crippen LogP contribution in [0, 0.1) is 11.3 Å². The van der Waals surface area contributed by atoms with E-state index in [0.29, 0.717) is 5.92 Å². The average molecular weight is 305 g/mol. The average Bonchev–Trinajstić information content (AvgIpc) is 2.47. The summed E-state index contributed by atoms with van der Waals surface area (Å²) < 4.78 is 0. The molecule has 0 aliphatic rings. The molecule has 2 nitrogen and oxygen atoms in total. The number of nitriles is 1. The van der Waals surface area contributed by atoms with Crippen LogP contribution in [-0.2, 0) is 0 Å². The molecule has 1 aromatic rings. The van der Waals surface area contributed by atoms with E-state index in [-0.39, 0.29) is 5.54 Å². The first-order valence-corrected chi connectivity index (χ1v) is 8.88. The van der Waals surface area contributed by atoms with Gasteiger partial charge in [-0.25, -0.2) is 0 Å². The lowest BCUT2D eigenvalue weighted by atomic mass is 9.97. The second-order valence-corrected chi connectivity index (χ2v) is 7.17. The van der Waals surface area contributed by atoms with Gasteiger partial charge in [0.05, 0.1) is 6.07 Å². The van der Waals surface area contributed by atoms with E-state index in [2.05, 4.69) is 49.5 Å². The van der Waals surface area contributed by atoms with Crippen LogP contribution in [0.5, 0.6) is 0 Å². The van der Waals surface area contributed by atoms with Crippen LogP contribution in [-0.4, -0.2) is 17.8 Å². The van der Waals surface area contributed by atoms with Crippen LogP contribution in [0.1, 0.15) is 58.4 Å². The Labute approximate surface area is 134 Å². The van der Waals surface area contributed by atoms with Crippen molar-refractivity contribution in [1.82, 2.24) is 5.32 Å². The summed E-state index contributed by atoms with van der Waals surface area (Å²) in [4.78, 5) is 1.34. The summed E-state index contributed by atoms with van der Waals surface area (Å²) in [5, 5.41) is 12.5. The van der Waals surface area contributed by atoms with Crippen molar-refractivity contribution in [3.63, 3.8) is 0 Å². The monoisotopic (exact) mass is 304 g/mol. The molecule has 0 aromatic heterocycles. The predicted octanol–water partition coefficient (Wildman–Crippen LogP) is 4.96. The Bertz CT molecular complexity index is 447. The fourth-order valence-electron chi connectivity index (χ4n) is 2.29. The SMILES string of the molecule is CCNC(C)(C#N)CCCCSc1ccc(C(C)C)cc1. The van der Waals surface area contributed by atoms with Gasteiger partial charge in [0.1, 0.15) is 5.54 Å². The molecule has 1 rings (SSSR count). The van der Waals surface area contributed by atoms with Gasteiger partial charge in [0, 0.05) is 4.90 Å². The third-order valence-electron chi connectivity index (χ3n) is 3.70. The fraction of sp³-hybridized carbons (Fsp3) is 0.611. The molecular formula is C18H28N2S. The van der Waals surface area contributed by atoms with Crippen molar-refractivity contribution in [3.05, 3.63) is 29.8 Å². The Morgan fingerprint density at radius 2 is 1.90 bits per heavy atom. The first-order valence-electron chi connectivity index (χ1n) is 7.90. The molecule has 3 heteroatoms. The Morgan fingerprint density at radius 1 is 1.24 bits per heavy atom. The molecule has 1 atom stereocenters. The van der Waals surface area contributed by atoms with Gasteiger partial charge in [-0.3, -0.25) is 5.32 Å². The third kappa shape index (κ3) is 6.54. The highest BCUT2D eigenvalue weighted by Crippen LogP contribution is 2.23. The zero-order chi connectivity index (χ0) is 15.7. The molecule has 0 radical (unpaired) electrons. The maximum atomic E-state index is 9.20. The maximum absolute atomic E-state index is 9.20. The lowest BCUT2D eigenvalue weighted by molar-refractivity contribution is 0.415. The minimum atomic E-state index is -0.363. The van der Waals surface area contributed by atoms with E-state index >= 15 is 0 Å². The molecule has 21 heavy (non-hydrogen) atoms. The zero-order valence-corrected chi connectivity index (χ0v) is 14.6. The van der Waals surface area contributed by atoms with Gasteiger partial charge in [0.2, 0.25) is 0 Å². The highest BCUT2D eigenvalue weighted by molar-refractivity contribution is 7.99. The second-order valence-electron chi connectivity index (χ2n) is 6.00. The van der Waals surface area contributed by atoms with Crippen molar-refractivity contribution in [2.75, 3.05) is 12.3 Å². The minimum absolute atomic E-state index is 0.363. The molecule has 0 heterocycles. The van der Waals surface area contributed by atoms with E-state index in [0.717, 1.165) is 31.6 Å². The van der Waals surface area contributed by atoms with Gasteiger partial charge in [0.15, 0.2) is 0 Å². The van der Waals surface area contributed by atoms with E-state index in [9.17, 15) is 5.26 Å². The van der Waals surface area contributed by atoms with Crippen molar-refractivity contribution in [2.45, 2.75) is 63.3 Å². The summed E-state index contributed by atoms with van der Waals surface area (Å²) in [7, 11) is 0. The van der Waals surface area contributed by atoms with E-state index in [4.69, 9.17) is 0 Å². The summed E-state index contributed by atoms with van der Waals surface area (Å²) in [6.45, 7) is 9.33. The topological polar surface area (TPSA) is 35.8 Å². The molecule has 1 unspecified atom stereocenters. The smallest absolute Gasteiger partial charge is 0.103 e. The summed E-state index contributed by atoms with van der Waals surface area (Å²) in [6.07, 6.45) is 3.16. The maximum Gasteiger partial charge on any atom is 0.103 e. The van der Waals surface area contributed by atoms with Crippen LogP contribution in [0.4, 0.5) is 0 Å². The van der Waals surface area contributed by atoms with Gasteiger partial charge in [-0.1, -0.05) is 32.9 Å². The lowest BCUT2D eigenvalue weighted by Gasteiger charge is -2.22. The first kappa shape index (κ1) is 18.1. The van der Waals surface area contributed by atoms with Crippen molar-refractivity contribution < 1.29 is 0 Å². The molecule has 0 fully saturated rings. The van der Waals surface area contributed by atoms with Gasteiger partial charge in [-0.2, -0.15) is 5.26 Å². The number of hydrogen-bond acceptors (Lipinski definition) is 3. The quantitative estimate of drug-likeness (QED) is 0.517. The number of benzene rings is 1. The van der Waals surface area contributed by atoms with Crippen molar-refractivity contribution in [3.8, 4) is 6.07 Å². The number of thioether (sulfide) groups is 1. The number of nitrogens with zero attached hydrogens (tertiary/aromatic N) is 1. The molecule has 0 saturated heterocycles. The van der Waals surface area contributed by atoms with Gasteiger partial charge < -0.3 is 0 Å². The summed E-state index contributed by atoms with van der Waals surface area (Å²) in [5.74, 6) is 1.72. The molecule has 0 bridgehead atoms. The molecule has 0 amide bonds. The molecule has 1 N–H and O–H groups in total. The molecular weight excluding hydrogens is 276 g/mol. The van der Waals surface area contributed by atoms with Crippen LogP contribution in [0.25, 0.3) is 0 Å². The molecule has 0 spiro atoms. The number of rotatable bonds is 9. The highest BCUT2D eigenvalue weighted by atomic mass is 32.2. The number of nitrogens with one attached hydrogen (secondary N) is 1. The first-order chi connectivity index (χ1) is 10.0. The molecule has 0 aliphatic heterocycles. The van der Waals surface area contributed by atoms with Gasteiger partial charge in [0.25, 0.3) is 0 Å². The van der Waals surface area contributed by atoms with E-state index in [1.807, 2.05) is 25.6 Å². The van der Waals surface area contributed by atoms with Crippen molar-refractivity contribution in [1.29, 1.82) is 5.26 Å². The van der Waals surface area contributed by atoms with Gasteiger partial charge >= 0.3 is 0 Å². The van der Waals surface area contributed by atoms with E-state index in [1.165, 1.54) is 10.5 Å². The largest absolute Gasteiger partial charge is 0.300 e. The Kier molecular flexibility index (Phi) is 7.85. The Morgan fingerprint density at radius 3 is 2.43 bits per heavy atom. The van der Waals surface area contributed by atoms with Crippen LogP contribution in [0.3, 0.4) is 0 Å². The van der Waals surface area contributed by atoms with E-state index in [1.54, 1.807) is 0 Å². The minimum Gasteiger partial charge on any atom is -0.300 e. The number of hydrogen-bond donors (Lipinski definition) is 1. The normalized spacial score (nSPS) is 13.9.